The molecule has 2 aromatic carbocycles. The Hall–Kier alpha value is -6.53. The molecule has 2 aliphatic heterocycles. The van der Waals surface area contributed by atoms with E-state index in [1.807, 2.05) is 19.9 Å². The van der Waals surface area contributed by atoms with Gasteiger partial charge in [0.15, 0.2) is 0 Å². The molecule has 2 aliphatic rings. The third kappa shape index (κ3) is 16.0. The fourth-order valence-corrected chi connectivity index (χ4v) is 8.51. The molecule has 19 heteroatoms. The Morgan fingerprint density at radius 2 is 1.46 bits per heavy atom. The molecule has 0 bridgehead atoms. The number of carbonyl (C=O) groups excluding carboxylic acids is 9. The first-order chi connectivity index (χ1) is 32.6. The number of nitrogens with one attached hydrogen (secondary N) is 5. The Bertz CT molecular complexity index is 2140. The van der Waals surface area contributed by atoms with Crippen LogP contribution < -0.4 is 32.3 Å². The molecule has 0 radical (unpaired) electrons. The zero-order chi connectivity index (χ0) is 51.1. The number of ether oxygens (including phenoxy) is 1. The zero-order valence-corrected chi connectivity index (χ0v) is 41.1. The van der Waals surface area contributed by atoms with Gasteiger partial charge in [-0.3, -0.25) is 38.4 Å². The number of fused-ring (bicyclic) bond motifs is 1. The minimum atomic E-state index is -1.71. The lowest BCUT2D eigenvalue weighted by Gasteiger charge is -2.34. The molecular weight excluding hydrogens is 889 g/mol. The van der Waals surface area contributed by atoms with Gasteiger partial charge in [0.25, 0.3) is 0 Å². The Morgan fingerprint density at radius 3 is 2.07 bits per heavy atom. The number of primary amides is 1. The van der Waals surface area contributed by atoms with Gasteiger partial charge in [-0.05, 0) is 73.6 Å². The van der Waals surface area contributed by atoms with Gasteiger partial charge in [-0.15, -0.1) is 0 Å². The first-order valence-electron chi connectivity index (χ1n) is 24.0. The van der Waals surface area contributed by atoms with Crippen LogP contribution in [0.3, 0.4) is 0 Å². The highest BCUT2D eigenvalue weighted by molar-refractivity contribution is 5.98. The third-order valence-corrected chi connectivity index (χ3v) is 12.6. The van der Waals surface area contributed by atoms with Crippen molar-refractivity contribution in [1.29, 1.82) is 0 Å². The molecule has 2 heterocycles. The summed E-state index contributed by atoms with van der Waals surface area (Å²) in [7, 11) is 1.42. The molecule has 69 heavy (non-hydrogen) atoms. The van der Waals surface area contributed by atoms with Crippen LogP contribution in [0.5, 0.6) is 5.75 Å². The summed E-state index contributed by atoms with van der Waals surface area (Å²) in [6.07, 6.45) is -0.899. The van der Waals surface area contributed by atoms with Gasteiger partial charge < -0.3 is 52.0 Å². The van der Waals surface area contributed by atoms with Crippen molar-refractivity contribution >= 4 is 53.2 Å². The molecule has 4 rings (SSSR count). The number of nitrogens with two attached hydrogens (primary N) is 1. The van der Waals surface area contributed by atoms with Crippen LogP contribution in [0.4, 0.5) is 0 Å². The van der Waals surface area contributed by atoms with Gasteiger partial charge in [0.1, 0.15) is 54.1 Å². The number of carbonyl (C=O) groups is 9. The minimum Gasteiger partial charge on any atom is -0.508 e. The molecule has 19 nitrogen and oxygen atoms in total. The van der Waals surface area contributed by atoms with E-state index in [0.717, 1.165) is 0 Å². The SMILES string of the molecule is CCC(C)[C@@H]1NC(=O)[C@H](Cc2ccc(O)cc2)N(C)C(=O)[C@H](Cc2ccccc2)NC(=O)[C@H]2CCCN2C(=O)[C@H](CC(C)C)NC(=O)[C@@H](NC(=O)[C@H](CCC(N)=O)NC(=O)CC(C)C)[C@@H](C)OC1=O. The molecule has 8 amide bonds. The number of likely N-dealkylation sites (N-methyl/N-ethyl adjacent to an activating group) is 1. The number of aromatic hydroxyl groups is 1. The molecule has 378 valence electrons. The number of nitrogens with zero attached hydrogens (tertiary/aromatic N) is 2. The summed E-state index contributed by atoms with van der Waals surface area (Å²) in [5.74, 6) is -7.52. The molecule has 2 saturated heterocycles. The predicted molar refractivity (Wildman–Crippen MR) is 255 cm³/mol. The van der Waals surface area contributed by atoms with E-state index >= 15 is 0 Å². The van der Waals surface area contributed by atoms with Crippen LogP contribution in [0.25, 0.3) is 0 Å². The summed E-state index contributed by atoms with van der Waals surface area (Å²) in [5, 5.41) is 23.7. The monoisotopic (exact) mass is 961 g/mol. The maximum Gasteiger partial charge on any atom is 0.329 e. The molecule has 0 saturated carbocycles. The van der Waals surface area contributed by atoms with Gasteiger partial charge in [0, 0.05) is 39.3 Å². The highest BCUT2D eigenvalue weighted by atomic mass is 16.5. The van der Waals surface area contributed by atoms with Crippen molar-refractivity contribution in [2.75, 3.05) is 13.6 Å². The maximum absolute atomic E-state index is 14.8. The molecule has 2 aromatic rings. The van der Waals surface area contributed by atoms with Gasteiger partial charge in [-0.2, -0.15) is 0 Å². The van der Waals surface area contributed by atoms with Crippen molar-refractivity contribution in [1.82, 2.24) is 36.4 Å². The van der Waals surface area contributed by atoms with E-state index in [9.17, 15) is 48.3 Å². The van der Waals surface area contributed by atoms with Gasteiger partial charge in [-0.1, -0.05) is 90.4 Å². The van der Waals surface area contributed by atoms with Crippen molar-refractivity contribution in [3.8, 4) is 5.75 Å². The second-order valence-electron chi connectivity index (χ2n) is 19.2. The molecule has 0 aromatic heterocycles. The summed E-state index contributed by atoms with van der Waals surface area (Å²) in [6.45, 7) is 12.3. The molecule has 8 N–H and O–H groups in total. The van der Waals surface area contributed by atoms with Crippen LogP contribution in [0.15, 0.2) is 54.6 Å². The largest absolute Gasteiger partial charge is 0.508 e. The van der Waals surface area contributed by atoms with Gasteiger partial charge >= 0.3 is 5.97 Å². The van der Waals surface area contributed by atoms with E-state index < -0.39 is 108 Å². The average Bonchev–Trinajstić information content (AvgIpc) is 3.79. The molecule has 0 aliphatic carbocycles. The smallest absolute Gasteiger partial charge is 0.329 e. The Labute approximate surface area is 404 Å². The first-order valence-corrected chi connectivity index (χ1v) is 24.0. The van der Waals surface area contributed by atoms with Crippen LogP contribution in [0, 0.1) is 17.8 Å². The van der Waals surface area contributed by atoms with E-state index in [4.69, 9.17) is 10.5 Å². The van der Waals surface area contributed by atoms with Crippen molar-refractivity contribution in [2.24, 2.45) is 23.5 Å². The predicted octanol–water partition coefficient (Wildman–Crippen LogP) is 1.77. The van der Waals surface area contributed by atoms with Crippen molar-refractivity contribution < 1.29 is 53.0 Å². The molecule has 1 unspecified atom stereocenters. The quantitative estimate of drug-likeness (QED) is 0.119. The number of phenols is 1. The molecule has 2 fully saturated rings. The lowest BCUT2D eigenvalue weighted by molar-refractivity contribution is -0.158. The van der Waals surface area contributed by atoms with E-state index in [2.05, 4.69) is 26.6 Å². The molecule has 0 spiro atoms. The lowest BCUT2D eigenvalue weighted by atomic mass is 9.97. The second kappa shape index (κ2) is 25.7. The molecule has 9 atom stereocenters. The highest BCUT2D eigenvalue weighted by Crippen LogP contribution is 2.23. The highest BCUT2D eigenvalue weighted by Gasteiger charge is 2.43. The minimum absolute atomic E-state index is 0.0214. The number of hydrogen-bond donors (Lipinski definition) is 7. The van der Waals surface area contributed by atoms with Crippen LogP contribution in [0.2, 0.25) is 0 Å². The van der Waals surface area contributed by atoms with E-state index in [1.54, 1.807) is 64.1 Å². The average molecular weight is 961 g/mol. The van der Waals surface area contributed by atoms with Gasteiger partial charge in [0.05, 0.1) is 0 Å². The lowest BCUT2D eigenvalue weighted by Crippen LogP contribution is -2.61. The Morgan fingerprint density at radius 1 is 0.826 bits per heavy atom. The second-order valence-corrected chi connectivity index (χ2v) is 19.2. The van der Waals surface area contributed by atoms with Gasteiger partial charge in [0.2, 0.25) is 47.3 Å². The van der Waals surface area contributed by atoms with Crippen molar-refractivity contribution in [2.45, 2.75) is 155 Å². The standard InChI is InChI=1S/C50H72N8O11/c1-9-30(6)42-50(68)69-31(7)43(56-44(62)35(21-22-40(51)60)52-41(61)25-29(4)5)47(65)54-36(24-28(2)3)49(67)58-23-13-16-38(58)45(63)53-37(26-32-14-11-10-12-15-32)48(66)57(8)39(46(64)55-42)27-33-17-19-34(59)20-18-33/h10-12,14-15,17-20,28-31,35-39,42-43,59H,9,13,16,21-27H2,1-8H3,(H2,51,60)(H,52,61)(H,53,63)(H,54,65)(H,55,64)(H,56,62)/t30?,31-,35+,36+,37+,38-,39+,42+,43+/m1/s1. The van der Waals surface area contributed by atoms with Crippen molar-refractivity contribution in [3.63, 3.8) is 0 Å². The summed E-state index contributed by atoms with van der Waals surface area (Å²) >= 11 is 0. The number of amides is 8. The number of phenolic OH excluding ortho intramolecular Hbond substituents is 1. The van der Waals surface area contributed by atoms with Gasteiger partial charge in [-0.25, -0.2) is 4.79 Å². The van der Waals surface area contributed by atoms with E-state index in [1.165, 1.54) is 35.9 Å². The number of benzene rings is 2. The fourth-order valence-electron chi connectivity index (χ4n) is 8.51. The maximum atomic E-state index is 14.8. The Kier molecular flexibility index (Phi) is 20.5. The fraction of sp³-hybridized carbons (Fsp3) is 0.580. The van der Waals surface area contributed by atoms with E-state index in [0.29, 0.717) is 24.0 Å². The normalized spacial score (nSPS) is 24.2. The number of rotatable bonds is 16. The van der Waals surface area contributed by atoms with E-state index in [-0.39, 0.29) is 69.1 Å². The summed E-state index contributed by atoms with van der Waals surface area (Å²) < 4.78 is 5.97. The van der Waals surface area contributed by atoms with Crippen LogP contribution in [-0.4, -0.2) is 130 Å². The summed E-state index contributed by atoms with van der Waals surface area (Å²) in [5.41, 5.74) is 6.68. The van der Waals surface area contributed by atoms with Crippen LogP contribution >= 0.6 is 0 Å². The zero-order valence-electron chi connectivity index (χ0n) is 41.1. The third-order valence-electron chi connectivity index (χ3n) is 12.6. The number of esters is 1. The summed E-state index contributed by atoms with van der Waals surface area (Å²) in [6, 6.07) is 5.78. The first kappa shape index (κ1) is 55.1. The van der Waals surface area contributed by atoms with Crippen LogP contribution in [0.1, 0.15) is 105 Å². The molecular formula is C50H72N8O11. The van der Waals surface area contributed by atoms with Crippen molar-refractivity contribution in [3.05, 3.63) is 65.7 Å². The summed E-state index contributed by atoms with van der Waals surface area (Å²) in [4.78, 5) is 129. The topological polar surface area (TPSA) is 276 Å². The Balaban J connectivity index is 1.87. The number of hydrogen-bond acceptors (Lipinski definition) is 11. The van der Waals surface area contributed by atoms with Crippen LogP contribution in [-0.2, 0) is 60.7 Å². The number of cyclic esters (lactones) is 1.